The van der Waals surface area contributed by atoms with Crippen molar-refractivity contribution in [2.24, 2.45) is 11.8 Å². The van der Waals surface area contributed by atoms with Gasteiger partial charge < -0.3 is 10.4 Å². The molecule has 110 valence electrons. The molecular formula is C13H25N3O3. The number of imide groups is 1. The summed E-state index contributed by atoms with van der Waals surface area (Å²) in [6.45, 7) is 9.51. The summed E-state index contributed by atoms with van der Waals surface area (Å²) in [6, 6.07) is -0.460. The minimum atomic E-state index is -0.694. The summed E-state index contributed by atoms with van der Waals surface area (Å²) >= 11 is 0. The fraction of sp³-hybridized carbons (Fsp3) is 0.846. The van der Waals surface area contributed by atoms with Crippen molar-refractivity contribution in [2.45, 2.75) is 33.3 Å². The summed E-state index contributed by atoms with van der Waals surface area (Å²) in [5, 5.41) is 14.9. The lowest BCUT2D eigenvalue weighted by Crippen LogP contribution is -2.66. The average Bonchev–Trinajstić information content (AvgIpc) is 2.23. The van der Waals surface area contributed by atoms with Crippen molar-refractivity contribution < 1.29 is 14.7 Å². The molecule has 1 fully saturated rings. The zero-order chi connectivity index (χ0) is 14.6. The molecule has 0 aliphatic carbocycles. The number of hydrogen-bond acceptors (Lipinski definition) is 4. The molecule has 0 spiro atoms. The Morgan fingerprint density at radius 2 is 1.84 bits per heavy atom. The van der Waals surface area contributed by atoms with Crippen molar-refractivity contribution in [3.05, 3.63) is 0 Å². The maximum atomic E-state index is 11.6. The third-order valence-corrected chi connectivity index (χ3v) is 3.36. The van der Waals surface area contributed by atoms with Crippen LogP contribution in [0.5, 0.6) is 0 Å². The number of nitrogens with one attached hydrogen (secondary N) is 2. The van der Waals surface area contributed by atoms with Crippen LogP contribution < -0.4 is 10.6 Å². The van der Waals surface area contributed by atoms with Crippen LogP contribution in [-0.4, -0.2) is 53.7 Å². The summed E-state index contributed by atoms with van der Waals surface area (Å²) in [6.07, 6.45) is 0. The van der Waals surface area contributed by atoms with Gasteiger partial charge in [0.1, 0.15) is 0 Å². The smallest absolute Gasteiger partial charge is 0.321 e. The van der Waals surface area contributed by atoms with Crippen LogP contribution in [0.4, 0.5) is 4.79 Å². The fourth-order valence-electron chi connectivity index (χ4n) is 1.92. The van der Waals surface area contributed by atoms with Crippen molar-refractivity contribution >= 4 is 11.9 Å². The molecule has 0 aromatic rings. The van der Waals surface area contributed by atoms with Crippen LogP contribution in [0.1, 0.15) is 27.7 Å². The number of likely N-dealkylation sites (tertiary alicyclic amines) is 1. The zero-order valence-electron chi connectivity index (χ0n) is 12.2. The number of rotatable bonds is 5. The normalized spacial score (nSPS) is 18.3. The van der Waals surface area contributed by atoms with Crippen LogP contribution in [-0.2, 0) is 4.79 Å². The van der Waals surface area contributed by atoms with E-state index in [1.807, 2.05) is 32.6 Å². The zero-order valence-corrected chi connectivity index (χ0v) is 12.2. The van der Waals surface area contributed by atoms with Gasteiger partial charge in [0.05, 0.1) is 12.1 Å². The van der Waals surface area contributed by atoms with Crippen LogP contribution in [0.15, 0.2) is 0 Å². The van der Waals surface area contributed by atoms with E-state index in [0.29, 0.717) is 25.6 Å². The molecular weight excluding hydrogens is 246 g/mol. The molecule has 0 aromatic heterocycles. The van der Waals surface area contributed by atoms with Crippen LogP contribution in [0, 0.1) is 11.8 Å². The van der Waals surface area contributed by atoms with Crippen LogP contribution in [0.25, 0.3) is 0 Å². The monoisotopic (exact) mass is 271 g/mol. The van der Waals surface area contributed by atoms with Crippen molar-refractivity contribution in [3.63, 3.8) is 0 Å². The molecule has 6 heteroatoms. The molecule has 1 rings (SSSR count). The Kier molecular flexibility index (Phi) is 5.31. The van der Waals surface area contributed by atoms with Crippen molar-refractivity contribution in [1.82, 2.24) is 15.5 Å². The van der Waals surface area contributed by atoms with Gasteiger partial charge in [0.25, 0.3) is 0 Å². The lowest BCUT2D eigenvalue weighted by Gasteiger charge is -2.48. The average molecular weight is 271 g/mol. The third kappa shape index (κ3) is 4.80. The first-order valence-electron chi connectivity index (χ1n) is 6.75. The van der Waals surface area contributed by atoms with Gasteiger partial charge in [-0.15, -0.1) is 0 Å². The summed E-state index contributed by atoms with van der Waals surface area (Å²) in [5.74, 6) is 0.172. The molecule has 0 bridgehead atoms. The highest BCUT2D eigenvalue weighted by atomic mass is 16.3. The number of carbonyl (C=O) groups is 2. The Morgan fingerprint density at radius 3 is 2.32 bits per heavy atom. The van der Waals surface area contributed by atoms with Crippen molar-refractivity contribution in [1.29, 1.82) is 0 Å². The molecule has 6 nitrogen and oxygen atoms in total. The lowest BCUT2D eigenvalue weighted by atomic mass is 9.83. The van der Waals surface area contributed by atoms with E-state index in [2.05, 4.69) is 10.6 Å². The standard InChI is InChI=1S/C13H25N3O3/c1-9(2)5-14-12(18)15-11(17)6-16-7-13(19,8-16)10(3)4/h9-10,19H,5-8H2,1-4H3,(H2,14,15,17,18). The van der Waals surface area contributed by atoms with Gasteiger partial charge in [-0.3, -0.25) is 15.0 Å². The second kappa shape index (κ2) is 6.34. The second-order valence-corrected chi connectivity index (χ2v) is 6.06. The molecule has 19 heavy (non-hydrogen) atoms. The number of hydrogen-bond donors (Lipinski definition) is 3. The van der Waals surface area contributed by atoms with Gasteiger partial charge in [-0.1, -0.05) is 27.7 Å². The second-order valence-electron chi connectivity index (χ2n) is 6.06. The van der Waals surface area contributed by atoms with Crippen molar-refractivity contribution in [3.8, 4) is 0 Å². The molecule has 1 aliphatic rings. The Labute approximate surface area is 114 Å². The molecule has 3 amide bonds. The third-order valence-electron chi connectivity index (χ3n) is 3.36. The van der Waals surface area contributed by atoms with E-state index >= 15 is 0 Å². The van der Waals surface area contributed by atoms with Crippen LogP contribution in [0.3, 0.4) is 0 Å². The first kappa shape index (κ1) is 15.9. The molecule has 0 aromatic carbocycles. The lowest BCUT2D eigenvalue weighted by molar-refractivity contribution is -0.141. The van der Waals surface area contributed by atoms with Gasteiger partial charge in [0.15, 0.2) is 0 Å². The topological polar surface area (TPSA) is 81.7 Å². The first-order valence-corrected chi connectivity index (χ1v) is 6.75. The number of nitrogens with zero attached hydrogens (tertiary/aromatic N) is 1. The molecule has 1 aliphatic heterocycles. The number of aliphatic hydroxyl groups is 1. The van der Waals surface area contributed by atoms with Gasteiger partial charge in [-0.25, -0.2) is 4.79 Å². The number of β-amino-alcohol motifs (C(OH)–C–C–N with tert-alkyl or cyclic N) is 1. The number of amides is 3. The highest BCUT2D eigenvalue weighted by molar-refractivity contribution is 5.95. The number of urea groups is 1. The van der Waals surface area contributed by atoms with E-state index in [9.17, 15) is 14.7 Å². The molecule has 0 atom stereocenters. The Bertz CT molecular complexity index is 336. The quantitative estimate of drug-likeness (QED) is 0.666. The SMILES string of the molecule is CC(C)CNC(=O)NC(=O)CN1CC(O)(C(C)C)C1. The first-order chi connectivity index (χ1) is 8.73. The van der Waals surface area contributed by atoms with E-state index in [-0.39, 0.29) is 18.4 Å². The van der Waals surface area contributed by atoms with E-state index in [4.69, 9.17) is 0 Å². The molecule has 0 saturated carbocycles. The largest absolute Gasteiger partial charge is 0.387 e. The minimum Gasteiger partial charge on any atom is -0.387 e. The van der Waals surface area contributed by atoms with Gasteiger partial charge in [-0.05, 0) is 11.8 Å². The summed E-state index contributed by atoms with van der Waals surface area (Å²) in [4.78, 5) is 24.8. The maximum Gasteiger partial charge on any atom is 0.321 e. The highest BCUT2D eigenvalue weighted by Crippen LogP contribution is 2.27. The molecule has 0 radical (unpaired) electrons. The highest BCUT2D eigenvalue weighted by Gasteiger charge is 2.43. The van der Waals surface area contributed by atoms with E-state index in [0.717, 1.165) is 0 Å². The summed E-state index contributed by atoms with van der Waals surface area (Å²) in [7, 11) is 0. The molecule has 0 unspecified atom stereocenters. The van der Waals surface area contributed by atoms with Crippen LogP contribution in [0.2, 0.25) is 0 Å². The maximum absolute atomic E-state index is 11.6. The van der Waals surface area contributed by atoms with Gasteiger partial charge in [0, 0.05) is 19.6 Å². The van der Waals surface area contributed by atoms with Crippen molar-refractivity contribution in [2.75, 3.05) is 26.2 Å². The number of carbonyl (C=O) groups excluding carboxylic acids is 2. The molecule has 1 heterocycles. The molecule has 1 saturated heterocycles. The minimum absolute atomic E-state index is 0.143. The Hall–Kier alpha value is -1.14. The Balaban J connectivity index is 2.21. The summed E-state index contributed by atoms with van der Waals surface area (Å²) < 4.78 is 0. The van der Waals surface area contributed by atoms with Gasteiger partial charge in [-0.2, -0.15) is 0 Å². The summed E-state index contributed by atoms with van der Waals surface area (Å²) in [5.41, 5.74) is -0.694. The van der Waals surface area contributed by atoms with E-state index < -0.39 is 11.6 Å². The Morgan fingerprint density at radius 1 is 1.26 bits per heavy atom. The predicted octanol–water partition coefficient (Wildman–Crippen LogP) is 0.171. The van der Waals surface area contributed by atoms with E-state index in [1.165, 1.54) is 0 Å². The van der Waals surface area contributed by atoms with Gasteiger partial charge in [0.2, 0.25) is 5.91 Å². The van der Waals surface area contributed by atoms with E-state index in [1.54, 1.807) is 0 Å². The molecule has 3 N–H and O–H groups in total. The fourth-order valence-corrected chi connectivity index (χ4v) is 1.92. The van der Waals surface area contributed by atoms with Crippen LogP contribution >= 0.6 is 0 Å². The predicted molar refractivity (Wildman–Crippen MR) is 72.6 cm³/mol. The van der Waals surface area contributed by atoms with Gasteiger partial charge >= 0.3 is 6.03 Å².